The Kier molecular flexibility index (Phi) is 3.04. The number of nitrogens with one attached hydrogen (secondary N) is 1. The molecule has 0 unspecified atom stereocenters. The number of rotatable bonds is 3. The molecule has 104 valence electrons. The number of anilines is 1. The van der Waals surface area contributed by atoms with E-state index in [0.29, 0.717) is 0 Å². The molecule has 0 amide bonds. The molecule has 1 heterocycles. The molecule has 0 saturated heterocycles. The van der Waals surface area contributed by atoms with Gasteiger partial charge >= 0.3 is 0 Å². The highest BCUT2D eigenvalue weighted by Crippen LogP contribution is 2.32. The van der Waals surface area contributed by atoms with Gasteiger partial charge < -0.3 is 5.32 Å². The van der Waals surface area contributed by atoms with Gasteiger partial charge in [-0.1, -0.05) is 12.8 Å². The van der Waals surface area contributed by atoms with Gasteiger partial charge in [-0.15, -0.1) is 0 Å². The number of fused-ring (bicyclic) bond motifs is 1. The number of hydrogen-bond acceptors (Lipinski definition) is 4. The Balaban J connectivity index is 1.91. The van der Waals surface area contributed by atoms with Crippen molar-refractivity contribution in [2.75, 3.05) is 5.32 Å². The Bertz CT molecular complexity index is 663. The van der Waals surface area contributed by atoms with Gasteiger partial charge in [0.25, 0.3) is 5.69 Å². The normalized spacial score (nSPS) is 17.2. The standard InChI is InChI=1S/C15H17N3O2/c1-15(8-2-3-9-15)17-14-7-4-11-10-12(18(19)20)5-6-13(11)16-14/h4-7,10H,2-3,8-9H2,1H3,(H,16,17). The van der Waals surface area contributed by atoms with E-state index in [1.54, 1.807) is 12.1 Å². The van der Waals surface area contributed by atoms with E-state index in [1.165, 1.54) is 18.9 Å². The summed E-state index contributed by atoms with van der Waals surface area (Å²) >= 11 is 0. The predicted octanol–water partition coefficient (Wildman–Crippen LogP) is 3.89. The van der Waals surface area contributed by atoms with E-state index >= 15 is 0 Å². The van der Waals surface area contributed by atoms with Crippen molar-refractivity contribution in [2.45, 2.75) is 38.1 Å². The maximum absolute atomic E-state index is 10.8. The molecule has 0 atom stereocenters. The summed E-state index contributed by atoms with van der Waals surface area (Å²) in [6, 6.07) is 8.54. The minimum Gasteiger partial charge on any atom is -0.365 e. The highest BCUT2D eigenvalue weighted by Gasteiger charge is 2.28. The molecule has 1 N–H and O–H groups in total. The van der Waals surface area contributed by atoms with Crippen molar-refractivity contribution in [3.63, 3.8) is 0 Å². The van der Waals surface area contributed by atoms with Gasteiger partial charge in [0.15, 0.2) is 0 Å². The molecule has 1 aromatic carbocycles. The van der Waals surface area contributed by atoms with Crippen LogP contribution < -0.4 is 5.32 Å². The van der Waals surface area contributed by atoms with Crippen molar-refractivity contribution in [3.8, 4) is 0 Å². The van der Waals surface area contributed by atoms with E-state index in [-0.39, 0.29) is 16.1 Å². The smallest absolute Gasteiger partial charge is 0.270 e. The van der Waals surface area contributed by atoms with Crippen molar-refractivity contribution < 1.29 is 4.92 Å². The molecule has 1 saturated carbocycles. The first-order chi connectivity index (χ1) is 9.56. The molecule has 0 bridgehead atoms. The number of pyridine rings is 1. The second-order valence-corrected chi connectivity index (χ2v) is 5.72. The summed E-state index contributed by atoms with van der Waals surface area (Å²) in [5.41, 5.74) is 1.01. The summed E-state index contributed by atoms with van der Waals surface area (Å²) in [6.45, 7) is 2.22. The van der Waals surface area contributed by atoms with Crippen LogP contribution in [0.15, 0.2) is 30.3 Å². The van der Waals surface area contributed by atoms with E-state index < -0.39 is 0 Å². The third kappa shape index (κ3) is 2.43. The van der Waals surface area contributed by atoms with Gasteiger partial charge in [0.05, 0.1) is 10.4 Å². The summed E-state index contributed by atoms with van der Waals surface area (Å²) in [7, 11) is 0. The van der Waals surface area contributed by atoms with Crippen molar-refractivity contribution in [1.29, 1.82) is 0 Å². The zero-order valence-electron chi connectivity index (χ0n) is 11.4. The molecule has 5 nitrogen and oxygen atoms in total. The van der Waals surface area contributed by atoms with Crippen molar-refractivity contribution >= 4 is 22.4 Å². The quantitative estimate of drug-likeness (QED) is 0.679. The lowest BCUT2D eigenvalue weighted by Crippen LogP contribution is -2.31. The number of benzene rings is 1. The minimum atomic E-state index is -0.384. The Labute approximate surface area is 117 Å². The van der Waals surface area contributed by atoms with Gasteiger partial charge in [-0.25, -0.2) is 4.98 Å². The van der Waals surface area contributed by atoms with E-state index in [0.717, 1.165) is 29.6 Å². The summed E-state index contributed by atoms with van der Waals surface area (Å²) < 4.78 is 0. The number of aromatic nitrogens is 1. The van der Waals surface area contributed by atoms with Crippen LogP contribution in [0.5, 0.6) is 0 Å². The molecule has 5 heteroatoms. The second-order valence-electron chi connectivity index (χ2n) is 5.72. The van der Waals surface area contributed by atoms with Gasteiger partial charge in [-0.05, 0) is 38.0 Å². The molecule has 1 aliphatic carbocycles. The first kappa shape index (κ1) is 12.8. The molecule has 1 aromatic heterocycles. The predicted molar refractivity (Wildman–Crippen MR) is 78.9 cm³/mol. The molecule has 1 fully saturated rings. The third-order valence-electron chi connectivity index (χ3n) is 4.02. The number of hydrogen-bond donors (Lipinski definition) is 1. The molecule has 0 radical (unpaired) electrons. The van der Waals surface area contributed by atoms with Crippen molar-refractivity contribution in [2.24, 2.45) is 0 Å². The molecular formula is C15H17N3O2. The van der Waals surface area contributed by atoms with Crippen LogP contribution in [-0.2, 0) is 0 Å². The van der Waals surface area contributed by atoms with Crippen LogP contribution in [0.3, 0.4) is 0 Å². The average molecular weight is 271 g/mol. The van der Waals surface area contributed by atoms with E-state index in [4.69, 9.17) is 0 Å². The highest BCUT2D eigenvalue weighted by atomic mass is 16.6. The maximum atomic E-state index is 10.8. The summed E-state index contributed by atoms with van der Waals surface area (Å²) in [4.78, 5) is 14.9. The number of nitro benzene ring substituents is 1. The van der Waals surface area contributed by atoms with Gasteiger partial charge in [-0.2, -0.15) is 0 Å². The van der Waals surface area contributed by atoms with Crippen molar-refractivity contribution in [1.82, 2.24) is 4.98 Å². The van der Waals surface area contributed by atoms with Crippen LogP contribution in [0.1, 0.15) is 32.6 Å². The fourth-order valence-electron chi connectivity index (χ4n) is 2.89. The Morgan fingerprint density at radius 2 is 2.00 bits per heavy atom. The number of non-ortho nitro benzene ring substituents is 1. The molecule has 1 aliphatic rings. The number of nitro groups is 1. The SMILES string of the molecule is CC1(Nc2ccc3cc([N+](=O)[O-])ccc3n2)CCCC1. The van der Waals surface area contributed by atoms with Crippen LogP contribution >= 0.6 is 0 Å². The Hall–Kier alpha value is -2.17. The maximum Gasteiger partial charge on any atom is 0.270 e. The molecule has 0 aliphatic heterocycles. The number of nitrogens with zero attached hydrogens (tertiary/aromatic N) is 2. The first-order valence-electron chi connectivity index (χ1n) is 6.89. The van der Waals surface area contributed by atoms with E-state index in [2.05, 4.69) is 17.2 Å². The largest absolute Gasteiger partial charge is 0.365 e. The second kappa shape index (κ2) is 4.74. The van der Waals surface area contributed by atoms with Gasteiger partial charge in [0, 0.05) is 23.1 Å². The molecule has 2 aromatic rings. The molecule has 3 rings (SSSR count). The monoisotopic (exact) mass is 271 g/mol. The summed E-state index contributed by atoms with van der Waals surface area (Å²) in [5, 5.41) is 15.1. The summed E-state index contributed by atoms with van der Waals surface area (Å²) in [5.74, 6) is 0.843. The lowest BCUT2D eigenvalue weighted by molar-refractivity contribution is -0.384. The van der Waals surface area contributed by atoms with E-state index in [1.807, 2.05) is 12.1 Å². The summed E-state index contributed by atoms with van der Waals surface area (Å²) in [6.07, 6.45) is 4.83. The average Bonchev–Trinajstić information content (AvgIpc) is 2.84. The van der Waals surface area contributed by atoms with Crippen LogP contribution in [0.4, 0.5) is 11.5 Å². The van der Waals surface area contributed by atoms with Crippen LogP contribution in [-0.4, -0.2) is 15.4 Å². The van der Waals surface area contributed by atoms with Gasteiger partial charge in [0.1, 0.15) is 5.82 Å². The zero-order valence-corrected chi connectivity index (χ0v) is 11.4. The molecule has 0 spiro atoms. The highest BCUT2D eigenvalue weighted by molar-refractivity contribution is 5.82. The fraction of sp³-hybridized carbons (Fsp3) is 0.400. The van der Waals surface area contributed by atoms with Crippen LogP contribution in [0.25, 0.3) is 10.9 Å². The fourth-order valence-corrected chi connectivity index (χ4v) is 2.89. The molecular weight excluding hydrogens is 254 g/mol. The minimum absolute atomic E-state index is 0.0998. The topological polar surface area (TPSA) is 68.1 Å². The van der Waals surface area contributed by atoms with Crippen LogP contribution in [0, 0.1) is 10.1 Å². The zero-order chi connectivity index (χ0) is 14.2. The van der Waals surface area contributed by atoms with E-state index in [9.17, 15) is 10.1 Å². The lowest BCUT2D eigenvalue weighted by atomic mass is 10.0. The van der Waals surface area contributed by atoms with Crippen molar-refractivity contribution in [3.05, 3.63) is 40.4 Å². The van der Waals surface area contributed by atoms with Crippen LogP contribution in [0.2, 0.25) is 0 Å². The van der Waals surface area contributed by atoms with Gasteiger partial charge in [0.2, 0.25) is 0 Å². The van der Waals surface area contributed by atoms with Gasteiger partial charge in [-0.3, -0.25) is 10.1 Å². The third-order valence-corrected chi connectivity index (χ3v) is 4.02. The first-order valence-corrected chi connectivity index (χ1v) is 6.89. The Morgan fingerprint density at radius 3 is 2.70 bits per heavy atom. The lowest BCUT2D eigenvalue weighted by Gasteiger charge is -2.26. The Morgan fingerprint density at radius 1 is 1.25 bits per heavy atom. The molecule has 20 heavy (non-hydrogen) atoms.